The molecule has 31 heavy (non-hydrogen) atoms. The maximum atomic E-state index is 12.8. The fourth-order valence-corrected chi connectivity index (χ4v) is 4.56. The van der Waals surface area contributed by atoms with E-state index in [2.05, 4.69) is 15.6 Å². The minimum absolute atomic E-state index is 0.186. The number of anilines is 2. The molecule has 2 aromatic carbocycles. The van der Waals surface area contributed by atoms with E-state index in [1.165, 1.54) is 4.90 Å². The summed E-state index contributed by atoms with van der Waals surface area (Å²) in [7, 11) is 0. The van der Waals surface area contributed by atoms with Crippen LogP contribution in [0.15, 0.2) is 76.8 Å². The van der Waals surface area contributed by atoms with E-state index in [4.69, 9.17) is 0 Å². The zero-order valence-electron chi connectivity index (χ0n) is 17.0. The van der Waals surface area contributed by atoms with Crippen molar-refractivity contribution in [1.29, 1.82) is 0 Å². The lowest BCUT2D eigenvalue weighted by Gasteiger charge is -2.28. The van der Waals surface area contributed by atoms with Crippen molar-refractivity contribution in [1.82, 2.24) is 10.3 Å². The van der Waals surface area contributed by atoms with Crippen molar-refractivity contribution in [3.05, 3.63) is 78.0 Å². The number of thioether (sulfide) groups is 2. The molecule has 3 aromatic rings. The number of nitrogens with one attached hydrogen (secondary N) is 2. The molecule has 0 atom stereocenters. The quantitative estimate of drug-likeness (QED) is 0.542. The van der Waals surface area contributed by atoms with Crippen molar-refractivity contribution in [3.63, 3.8) is 0 Å². The molecule has 2 N–H and O–H groups in total. The van der Waals surface area contributed by atoms with Gasteiger partial charge in [-0.2, -0.15) is 0 Å². The Bertz CT molecular complexity index is 1090. The Morgan fingerprint density at radius 2 is 1.97 bits per heavy atom. The number of benzene rings is 2. The fraction of sp³-hybridized carbons (Fsp3) is 0.174. The molecule has 0 bridgehead atoms. The first-order valence-corrected chi connectivity index (χ1v) is 12.0. The lowest BCUT2D eigenvalue weighted by atomic mass is 10.1. The highest BCUT2D eigenvalue weighted by Crippen LogP contribution is 2.32. The second kappa shape index (κ2) is 9.89. The summed E-state index contributed by atoms with van der Waals surface area (Å²) in [5, 5.41) is 6.68. The van der Waals surface area contributed by atoms with Crippen LogP contribution in [0.4, 0.5) is 16.2 Å². The first-order valence-electron chi connectivity index (χ1n) is 9.81. The van der Waals surface area contributed by atoms with Crippen LogP contribution >= 0.6 is 23.5 Å². The number of nitrogens with zero attached hydrogens (tertiary/aromatic N) is 2. The minimum atomic E-state index is -0.235. The van der Waals surface area contributed by atoms with E-state index in [1.807, 2.05) is 42.7 Å². The summed E-state index contributed by atoms with van der Waals surface area (Å²) in [6.07, 6.45) is 3.76. The van der Waals surface area contributed by atoms with E-state index in [0.29, 0.717) is 24.3 Å². The number of aromatic nitrogens is 1. The minimum Gasteiger partial charge on any atom is -0.348 e. The number of hydrogen-bond acceptors (Lipinski definition) is 5. The number of rotatable bonds is 5. The molecule has 0 unspecified atom stereocenters. The number of hydrogen-bond donors (Lipinski definition) is 2. The highest BCUT2D eigenvalue weighted by atomic mass is 32.2. The third-order valence-electron chi connectivity index (χ3n) is 4.83. The number of carbonyl (C=O) groups is 2. The first kappa shape index (κ1) is 21.3. The second-order valence-corrected chi connectivity index (χ2v) is 8.83. The molecule has 1 aromatic heterocycles. The summed E-state index contributed by atoms with van der Waals surface area (Å²) >= 11 is 3.32. The highest BCUT2D eigenvalue weighted by molar-refractivity contribution is 7.99. The third-order valence-corrected chi connectivity index (χ3v) is 6.55. The molecule has 158 valence electrons. The number of amides is 3. The Labute approximate surface area is 189 Å². The maximum absolute atomic E-state index is 12.8. The van der Waals surface area contributed by atoms with E-state index < -0.39 is 0 Å². The van der Waals surface area contributed by atoms with E-state index in [0.717, 1.165) is 22.0 Å². The van der Waals surface area contributed by atoms with Crippen LogP contribution in [0.1, 0.15) is 15.9 Å². The van der Waals surface area contributed by atoms with Gasteiger partial charge in [0.2, 0.25) is 0 Å². The van der Waals surface area contributed by atoms with Crippen molar-refractivity contribution < 1.29 is 9.59 Å². The second-order valence-electron chi connectivity index (χ2n) is 6.87. The summed E-state index contributed by atoms with van der Waals surface area (Å²) in [4.78, 5) is 32.7. The van der Waals surface area contributed by atoms with Crippen LogP contribution in [0.5, 0.6) is 0 Å². The predicted molar refractivity (Wildman–Crippen MR) is 127 cm³/mol. The maximum Gasteiger partial charge on any atom is 0.326 e. The molecule has 1 aliphatic heterocycles. The number of carbonyl (C=O) groups excluding carboxylic acids is 2. The third kappa shape index (κ3) is 5.21. The van der Waals surface area contributed by atoms with Gasteiger partial charge in [0.25, 0.3) is 5.91 Å². The van der Waals surface area contributed by atoms with Gasteiger partial charge in [-0.25, -0.2) is 9.78 Å². The molecule has 6 nitrogen and oxygen atoms in total. The summed E-state index contributed by atoms with van der Waals surface area (Å²) < 4.78 is 0. The predicted octanol–water partition coefficient (Wildman–Crippen LogP) is 4.88. The Hall–Kier alpha value is -2.97. The number of pyridine rings is 1. The van der Waals surface area contributed by atoms with Crippen LogP contribution in [0.2, 0.25) is 0 Å². The molecular formula is C23H22N4O2S2. The van der Waals surface area contributed by atoms with Crippen molar-refractivity contribution >= 4 is 46.8 Å². The zero-order valence-corrected chi connectivity index (χ0v) is 18.6. The fourth-order valence-electron chi connectivity index (χ4n) is 3.22. The van der Waals surface area contributed by atoms with Gasteiger partial charge >= 0.3 is 6.03 Å². The van der Waals surface area contributed by atoms with E-state index in [9.17, 15) is 9.59 Å². The van der Waals surface area contributed by atoms with Crippen LogP contribution in [0, 0.1) is 0 Å². The highest BCUT2D eigenvalue weighted by Gasteiger charge is 2.23. The summed E-state index contributed by atoms with van der Waals surface area (Å²) in [6.45, 7) is 1.05. The van der Waals surface area contributed by atoms with Crippen molar-refractivity contribution in [3.8, 4) is 0 Å². The van der Waals surface area contributed by atoms with Gasteiger partial charge in [-0.3, -0.25) is 9.69 Å². The largest absolute Gasteiger partial charge is 0.348 e. The normalized spacial score (nSPS) is 12.7. The van der Waals surface area contributed by atoms with Gasteiger partial charge in [0, 0.05) is 41.2 Å². The zero-order chi connectivity index (χ0) is 21.6. The van der Waals surface area contributed by atoms with E-state index in [-0.39, 0.29) is 11.9 Å². The Balaban J connectivity index is 1.40. The SMILES string of the molecule is CSc1ccc(CNC(=O)c2cccc(NC(=O)N3CCSc4ncccc43)c2)cc1. The topological polar surface area (TPSA) is 74.3 Å². The van der Waals surface area contributed by atoms with Crippen LogP contribution in [-0.2, 0) is 6.54 Å². The number of urea groups is 1. The molecule has 0 saturated carbocycles. The summed E-state index contributed by atoms with van der Waals surface area (Å²) in [6, 6.07) is 18.5. The van der Waals surface area contributed by atoms with Gasteiger partial charge in [-0.05, 0) is 54.3 Å². The van der Waals surface area contributed by atoms with Crippen molar-refractivity contribution in [2.45, 2.75) is 16.5 Å². The molecule has 0 saturated heterocycles. The monoisotopic (exact) mass is 450 g/mol. The van der Waals surface area contributed by atoms with Gasteiger partial charge in [-0.15, -0.1) is 23.5 Å². The molecular weight excluding hydrogens is 428 g/mol. The van der Waals surface area contributed by atoms with E-state index in [1.54, 1.807) is 58.9 Å². The molecule has 3 amide bonds. The Morgan fingerprint density at radius 3 is 2.77 bits per heavy atom. The van der Waals surface area contributed by atoms with Gasteiger partial charge in [0.15, 0.2) is 0 Å². The van der Waals surface area contributed by atoms with Gasteiger partial charge in [0.05, 0.1) is 5.69 Å². The Morgan fingerprint density at radius 1 is 1.13 bits per heavy atom. The molecule has 8 heteroatoms. The molecule has 0 radical (unpaired) electrons. The van der Waals surface area contributed by atoms with Crippen molar-refractivity contribution in [2.75, 3.05) is 28.8 Å². The molecule has 1 aliphatic rings. The molecule has 0 aliphatic carbocycles. The lowest BCUT2D eigenvalue weighted by molar-refractivity contribution is 0.0951. The van der Waals surface area contributed by atoms with Crippen LogP contribution in [0.25, 0.3) is 0 Å². The smallest absolute Gasteiger partial charge is 0.326 e. The van der Waals surface area contributed by atoms with Gasteiger partial charge < -0.3 is 10.6 Å². The first-order chi connectivity index (χ1) is 15.1. The molecule has 0 fully saturated rings. The lowest BCUT2D eigenvalue weighted by Crippen LogP contribution is -2.38. The molecule has 2 heterocycles. The average molecular weight is 451 g/mol. The Kier molecular flexibility index (Phi) is 6.79. The van der Waals surface area contributed by atoms with Crippen LogP contribution in [-0.4, -0.2) is 35.5 Å². The van der Waals surface area contributed by atoms with Gasteiger partial charge in [-0.1, -0.05) is 18.2 Å². The van der Waals surface area contributed by atoms with Gasteiger partial charge in [0.1, 0.15) is 5.03 Å². The standard InChI is InChI=1S/C23H22N4O2S2/c1-30-19-9-7-16(8-10-19)15-25-21(28)17-4-2-5-18(14-17)26-23(29)27-12-13-31-22-20(27)6-3-11-24-22/h2-11,14H,12-13,15H2,1H3,(H,25,28)(H,26,29). The van der Waals surface area contributed by atoms with Crippen LogP contribution < -0.4 is 15.5 Å². The van der Waals surface area contributed by atoms with Crippen molar-refractivity contribution in [2.24, 2.45) is 0 Å². The molecule has 0 spiro atoms. The van der Waals surface area contributed by atoms with E-state index >= 15 is 0 Å². The average Bonchev–Trinajstić information content (AvgIpc) is 2.82. The number of fused-ring (bicyclic) bond motifs is 1. The molecule has 4 rings (SSSR count). The summed E-state index contributed by atoms with van der Waals surface area (Å²) in [5.74, 6) is 0.603. The van der Waals surface area contributed by atoms with Crippen LogP contribution in [0.3, 0.4) is 0 Å². The summed E-state index contributed by atoms with van der Waals surface area (Å²) in [5.41, 5.74) is 2.91.